The van der Waals surface area contributed by atoms with Crippen LogP contribution in [-0.4, -0.2) is 30.3 Å². The molecular weight excluding hydrogens is 349 g/mol. The molecule has 7 heteroatoms. The van der Waals surface area contributed by atoms with Crippen molar-refractivity contribution in [3.05, 3.63) is 72.6 Å². The van der Waals surface area contributed by atoms with Crippen LogP contribution in [0.4, 0.5) is 15.8 Å². The van der Waals surface area contributed by atoms with E-state index in [1.165, 1.54) is 23.1 Å². The number of hydrogen-bond donors (Lipinski definition) is 2. The Morgan fingerprint density at radius 1 is 1.19 bits per heavy atom. The highest BCUT2D eigenvalue weighted by molar-refractivity contribution is 6.01. The van der Waals surface area contributed by atoms with Gasteiger partial charge >= 0.3 is 0 Å². The molecule has 1 aliphatic rings. The van der Waals surface area contributed by atoms with Crippen molar-refractivity contribution >= 4 is 29.1 Å². The van der Waals surface area contributed by atoms with Crippen LogP contribution < -0.4 is 15.5 Å². The van der Waals surface area contributed by atoms with Crippen LogP contribution in [-0.2, 0) is 9.59 Å². The van der Waals surface area contributed by atoms with Crippen molar-refractivity contribution in [2.45, 2.75) is 12.5 Å². The van der Waals surface area contributed by atoms with Gasteiger partial charge in [-0.25, -0.2) is 4.39 Å². The van der Waals surface area contributed by atoms with E-state index in [4.69, 9.17) is 0 Å². The molecular formula is C20H18FN3O3. The number of halogens is 1. The quantitative estimate of drug-likeness (QED) is 0.797. The normalized spacial score (nSPS) is 16.1. The van der Waals surface area contributed by atoms with E-state index in [0.717, 1.165) is 6.08 Å². The smallest absolute Gasteiger partial charge is 0.251 e. The van der Waals surface area contributed by atoms with E-state index in [2.05, 4.69) is 17.2 Å². The SMILES string of the molecule is C=CC(=O)Nc1cccc(C(=O)NC2CC(=O)N(c3ccccc3F)C2)c1. The van der Waals surface area contributed by atoms with Crippen LogP contribution in [0, 0.1) is 5.82 Å². The molecule has 2 aromatic rings. The Morgan fingerprint density at radius 3 is 2.70 bits per heavy atom. The minimum Gasteiger partial charge on any atom is -0.347 e. The Balaban J connectivity index is 1.68. The molecule has 138 valence electrons. The molecule has 6 nitrogen and oxygen atoms in total. The Morgan fingerprint density at radius 2 is 1.96 bits per heavy atom. The average molecular weight is 367 g/mol. The zero-order valence-electron chi connectivity index (χ0n) is 14.4. The monoisotopic (exact) mass is 367 g/mol. The maximum absolute atomic E-state index is 13.9. The van der Waals surface area contributed by atoms with Crippen molar-refractivity contribution in [1.82, 2.24) is 5.32 Å². The minimum atomic E-state index is -0.483. The Bertz CT molecular complexity index is 913. The molecule has 2 aromatic carbocycles. The molecule has 0 aliphatic carbocycles. The van der Waals surface area contributed by atoms with Crippen molar-refractivity contribution in [2.24, 2.45) is 0 Å². The van der Waals surface area contributed by atoms with Gasteiger partial charge in [-0.05, 0) is 36.4 Å². The van der Waals surface area contributed by atoms with Crippen molar-refractivity contribution in [3.63, 3.8) is 0 Å². The van der Waals surface area contributed by atoms with E-state index in [0.29, 0.717) is 11.3 Å². The topological polar surface area (TPSA) is 78.5 Å². The van der Waals surface area contributed by atoms with Gasteiger partial charge < -0.3 is 15.5 Å². The summed E-state index contributed by atoms with van der Waals surface area (Å²) < 4.78 is 13.9. The maximum atomic E-state index is 13.9. The second-order valence-electron chi connectivity index (χ2n) is 6.10. The highest BCUT2D eigenvalue weighted by Crippen LogP contribution is 2.24. The van der Waals surface area contributed by atoms with Gasteiger partial charge in [0.1, 0.15) is 5.82 Å². The molecule has 27 heavy (non-hydrogen) atoms. The molecule has 0 radical (unpaired) electrons. The van der Waals surface area contributed by atoms with Gasteiger partial charge in [0, 0.05) is 24.2 Å². The number of benzene rings is 2. The van der Waals surface area contributed by atoms with E-state index in [1.807, 2.05) is 0 Å². The van der Waals surface area contributed by atoms with Gasteiger partial charge in [-0.3, -0.25) is 14.4 Å². The lowest BCUT2D eigenvalue weighted by Gasteiger charge is -2.18. The molecule has 2 N–H and O–H groups in total. The van der Waals surface area contributed by atoms with Crippen molar-refractivity contribution in [1.29, 1.82) is 0 Å². The number of nitrogens with one attached hydrogen (secondary N) is 2. The van der Waals surface area contributed by atoms with Crippen LogP contribution in [0.25, 0.3) is 0 Å². The number of anilines is 2. The lowest BCUT2D eigenvalue weighted by Crippen LogP contribution is -2.37. The number of para-hydroxylation sites is 1. The second kappa shape index (κ2) is 7.82. The van der Waals surface area contributed by atoms with Crippen molar-refractivity contribution in [3.8, 4) is 0 Å². The highest BCUT2D eigenvalue weighted by Gasteiger charge is 2.33. The maximum Gasteiger partial charge on any atom is 0.251 e. The zero-order valence-corrected chi connectivity index (χ0v) is 14.4. The first-order valence-corrected chi connectivity index (χ1v) is 8.37. The number of amides is 3. The van der Waals surface area contributed by atoms with Crippen molar-refractivity contribution < 1.29 is 18.8 Å². The summed E-state index contributed by atoms with van der Waals surface area (Å²) in [7, 11) is 0. The van der Waals surface area contributed by atoms with E-state index in [1.54, 1.807) is 30.3 Å². The predicted molar refractivity (Wildman–Crippen MR) is 99.9 cm³/mol. The molecule has 3 rings (SSSR count). The van der Waals surface area contributed by atoms with Crippen LogP contribution in [0.5, 0.6) is 0 Å². The van der Waals surface area contributed by atoms with Crippen LogP contribution in [0.2, 0.25) is 0 Å². The molecule has 1 heterocycles. The summed E-state index contributed by atoms with van der Waals surface area (Å²) in [6, 6.07) is 12.0. The van der Waals surface area contributed by atoms with E-state index in [9.17, 15) is 18.8 Å². The third-order valence-corrected chi connectivity index (χ3v) is 4.18. The molecule has 1 aliphatic heterocycles. The number of carbonyl (C=O) groups is 3. The largest absolute Gasteiger partial charge is 0.347 e. The van der Waals surface area contributed by atoms with Crippen LogP contribution in [0.3, 0.4) is 0 Å². The number of hydrogen-bond acceptors (Lipinski definition) is 3. The predicted octanol–water partition coefficient (Wildman–Crippen LogP) is 2.49. The van der Waals surface area contributed by atoms with E-state index >= 15 is 0 Å². The summed E-state index contributed by atoms with van der Waals surface area (Å²) in [5, 5.41) is 5.36. The molecule has 1 unspecified atom stereocenters. The molecule has 0 saturated carbocycles. The van der Waals surface area contributed by atoms with Gasteiger partial charge in [-0.2, -0.15) is 0 Å². The molecule has 1 atom stereocenters. The molecule has 1 saturated heterocycles. The first-order chi connectivity index (χ1) is 13.0. The summed E-state index contributed by atoms with van der Waals surface area (Å²) in [6.45, 7) is 3.57. The Kier molecular flexibility index (Phi) is 5.30. The number of nitrogens with zero attached hydrogens (tertiary/aromatic N) is 1. The molecule has 0 spiro atoms. The average Bonchev–Trinajstić information content (AvgIpc) is 3.02. The van der Waals surface area contributed by atoms with Gasteiger partial charge in [-0.1, -0.05) is 24.8 Å². The van der Waals surface area contributed by atoms with Crippen LogP contribution in [0.15, 0.2) is 61.2 Å². The summed E-state index contributed by atoms with van der Waals surface area (Å²) in [6.07, 6.45) is 1.22. The van der Waals surface area contributed by atoms with Gasteiger partial charge in [0.2, 0.25) is 11.8 Å². The fraction of sp³-hybridized carbons (Fsp3) is 0.150. The number of carbonyl (C=O) groups excluding carboxylic acids is 3. The van der Waals surface area contributed by atoms with Gasteiger partial charge in [-0.15, -0.1) is 0 Å². The number of rotatable bonds is 5. The van der Waals surface area contributed by atoms with Gasteiger partial charge in [0.05, 0.1) is 11.7 Å². The standard InChI is InChI=1S/C20H18FN3O3/c1-2-18(25)22-14-7-5-6-13(10-14)20(27)23-15-11-19(26)24(12-15)17-9-4-3-8-16(17)21/h2-10,15H,1,11-12H2,(H,22,25)(H,23,27). The first kappa shape index (κ1) is 18.3. The first-order valence-electron chi connectivity index (χ1n) is 8.37. The molecule has 1 fully saturated rings. The van der Waals surface area contributed by atoms with Gasteiger partial charge in [0.15, 0.2) is 0 Å². The van der Waals surface area contributed by atoms with Crippen LogP contribution >= 0.6 is 0 Å². The van der Waals surface area contributed by atoms with Crippen molar-refractivity contribution in [2.75, 3.05) is 16.8 Å². The fourth-order valence-corrected chi connectivity index (χ4v) is 2.91. The summed E-state index contributed by atoms with van der Waals surface area (Å²) in [5.74, 6) is -1.49. The molecule has 0 bridgehead atoms. The van der Waals surface area contributed by atoms with E-state index < -0.39 is 11.9 Å². The molecule has 0 aromatic heterocycles. The van der Waals surface area contributed by atoms with Gasteiger partial charge in [0.25, 0.3) is 5.91 Å². The Labute approximate surface area is 155 Å². The third-order valence-electron chi connectivity index (χ3n) is 4.18. The lowest BCUT2D eigenvalue weighted by atomic mass is 10.1. The third kappa shape index (κ3) is 4.20. The lowest BCUT2D eigenvalue weighted by molar-refractivity contribution is -0.117. The fourth-order valence-electron chi connectivity index (χ4n) is 2.91. The minimum absolute atomic E-state index is 0.0902. The summed E-state index contributed by atoms with van der Waals surface area (Å²) >= 11 is 0. The van der Waals surface area contributed by atoms with E-state index in [-0.39, 0.29) is 36.4 Å². The summed E-state index contributed by atoms with van der Waals surface area (Å²) in [5.41, 5.74) is 1.00. The zero-order chi connectivity index (χ0) is 19.4. The Hall–Kier alpha value is -3.48. The van der Waals surface area contributed by atoms with Crippen LogP contribution in [0.1, 0.15) is 16.8 Å². The summed E-state index contributed by atoms with van der Waals surface area (Å²) in [4.78, 5) is 37.4. The highest BCUT2D eigenvalue weighted by atomic mass is 19.1. The second-order valence-corrected chi connectivity index (χ2v) is 6.10. The molecule has 3 amide bonds.